The SMILES string of the molecule is COc1ccc(CNc2cccc(C)c2/C=C(\C)C(=O)O)c2ccccc12. The maximum absolute atomic E-state index is 11.2. The molecule has 4 heteroatoms. The summed E-state index contributed by atoms with van der Waals surface area (Å²) in [5.41, 5.74) is 4.30. The minimum Gasteiger partial charge on any atom is -0.496 e. The van der Waals surface area contributed by atoms with E-state index in [0.29, 0.717) is 12.1 Å². The number of methoxy groups -OCH3 is 1. The predicted molar refractivity (Wildman–Crippen MR) is 110 cm³/mol. The summed E-state index contributed by atoms with van der Waals surface area (Å²) in [7, 11) is 1.68. The van der Waals surface area contributed by atoms with Crippen LogP contribution in [0.4, 0.5) is 5.69 Å². The van der Waals surface area contributed by atoms with E-state index in [-0.39, 0.29) is 0 Å². The lowest BCUT2D eigenvalue weighted by molar-refractivity contribution is -0.132. The number of carboxylic acid groups (broad SMARTS) is 1. The van der Waals surface area contributed by atoms with Crippen molar-refractivity contribution in [2.24, 2.45) is 0 Å². The number of hydrogen-bond donors (Lipinski definition) is 2. The van der Waals surface area contributed by atoms with Crippen LogP contribution in [0.15, 0.2) is 60.2 Å². The Morgan fingerprint density at radius 1 is 1.07 bits per heavy atom. The Balaban J connectivity index is 1.95. The van der Waals surface area contributed by atoms with Crippen LogP contribution in [0.5, 0.6) is 5.75 Å². The number of rotatable bonds is 6. The van der Waals surface area contributed by atoms with Crippen molar-refractivity contribution < 1.29 is 14.6 Å². The highest BCUT2D eigenvalue weighted by molar-refractivity contribution is 5.93. The lowest BCUT2D eigenvalue weighted by Crippen LogP contribution is -2.04. The van der Waals surface area contributed by atoms with Crippen molar-refractivity contribution >= 4 is 28.5 Å². The summed E-state index contributed by atoms with van der Waals surface area (Å²) in [6, 6.07) is 18.1. The van der Waals surface area contributed by atoms with E-state index in [2.05, 4.69) is 23.5 Å². The molecule has 2 N–H and O–H groups in total. The van der Waals surface area contributed by atoms with Gasteiger partial charge in [0.25, 0.3) is 0 Å². The van der Waals surface area contributed by atoms with Crippen LogP contribution in [0, 0.1) is 6.92 Å². The zero-order valence-corrected chi connectivity index (χ0v) is 15.7. The van der Waals surface area contributed by atoms with Crippen LogP contribution in [0.3, 0.4) is 0 Å². The van der Waals surface area contributed by atoms with Crippen LogP contribution in [0.1, 0.15) is 23.6 Å². The van der Waals surface area contributed by atoms with Crippen molar-refractivity contribution in [2.45, 2.75) is 20.4 Å². The van der Waals surface area contributed by atoms with Crippen LogP contribution < -0.4 is 10.1 Å². The molecule has 0 unspecified atom stereocenters. The zero-order chi connectivity index (χ0) is 19.4. The number of hydrogen-bond acceptors (Lipinski definition) is 3. The summed E-state index contributed by atoms with van der Waals surface area (Å²) in [5.74, 6) is -0.0593. The number of fused-ring (bicyclic) bond motifs is 1. The largest absolute Gasteiger partial charge is 0.496 e. The monoisotopic (exact) mass is 361 g/mol. The number of aryl methyl sites for hydroxylation is 1. The molecule has 0 saturated carbocycles. The average molecular weight is 361 g/mol. The quantitative estimate of drug-likeness (QED) is 0.588. The Kier molecular flexibility index (Phi) is 5.46. The smallest absolute Gasteiger partial charge is 0.331 e. The number of carbonyl (C=O) groups is 1. The number of aliphatic carboxylic acids is 1. The van der Waals surface area contributed by atoms with Gasteiger partial charge in [-0.25, -0.2) is 4.79 Å². The van der Waals surface area contributed by atoms with E-state index in [1.807, 2.05) is 43.3 Å². The van der Waals surface area contributed by atoms with Gasteiger partial charge in [0.15, 0.2) is 0 Å². The third-order valence-corrected chi connectivity index (χ3v) is 4.69. The molecule has 0 bridgehead atoms. The molecule has 0 fully saturated rings. The molecule has 3 aromatic carbocycles. The maximum Gasteiger partial charge on any atom is 0.331 e. The number of benzene rings is 3. The minimum absolute atomic E-state index is 0.308. The van der Waals surface area contributed by atoms with E-state index in [9.17, 15) is 9.90 Å². The number of carboxylic acids is 1. The lowest BCUT2D eigenvalue weighted by Gasteiger charge is -2.15. The van der Waals surface area contributed by atoms with Gasteiger partial charge in [-0.1, -0.05) is 42.5 Å². The molecular formula is C23H23NO3. The van der Waals surface area contributed by atoms with E-state index >= 15 is 0 Å². The van der Waals surface area contributed by atoms with Crippen LogP contribution in [0.2, 0.25) is 0 Å². The van der Waals surface area contributed by atoms with Crippen molar-refractivity contribution in [1.29, 1.82) is 0 Å². The Morgan fingerprint density at radius 3 is 2.52 bits per heavy atom. The molecule has 138 valence electrons. The van der Waals surface area contributed by atoms with Crippen molar-refractivity contribution in [2.75, 3.05) is 12.4 Å². The fourth-order valence-electron chi connectivity index (χ4n) is 3.16. The van der Waals surface area contributed by atoms with Crippen molar-refractivity contribution in [1.82, 2.24) is 0 Å². The molecule has 27 heavy (non-hydrogen) atoms. The first-order chi connectivity index (χ1) is 13.0. The Labute approximate surface area is 159 Å². The highest BCUT2D eigenvalue weighted by atomic mass is 16.5. The second-order valence-corrected chi connectivity index (χ2v) is 6.49. The van der Waals surface area contributed by atoms with Crippen LogP contribution in [0.25, 0.3) is 16.8 Å². The number of anilines is 1. The lowest BCUT2D eigenvalue weighted by atomic mass is 10.0. The molecule has 0 spiro atoms. The van der Waals surface area contributed by atoms with Crippen molar-refractivity contribution in [3.05, 3.63) is 76.9 Å². The fourth-order valence-corrected chi connectivity index (χ4v) is 3.16. The maximum atomic E-state index is 11.2. The summed E-state index contributed by atoms with van der Waals surface area (Å²) in [6.07, 6.45) is 1.71. The summed E-state index contributed by atoms with van der Waals surface area (Å²) < 4.78 is 5.46. The molecule has 0 radical (unpaired) electrons. The molecule has 0 aromatic heterocycles. The molecule has 0 heterocycles. The van der Waals surface area contributed by atoms with Gasteiger partial charge in [0.05, 0.1) is 7.11 Å². The molecule has 3 rings (SSSR count). The zero-order valence-electron chi connectivity index (χ0n) is 15.7. The van der Waals surface area contributed by atoms with E-state index in [0.717, 1.165) is 38.9 Å². The predicted octanol–water partition coefficient (Wildman–Crippen LogP) is 5.26. The first kappa shape index (κ1) is 18.5. The molecule has 3 aromatic rings. The van der Waals surface area contributed by atoms with Gasteiger partial charge in [-0.2, -0.15) is 0 Å². The van der Waals surface area contributed by atoms with Crippen molar-refractivity contribution in [3.8, 4) is 5.75 Å². The normalized spacial score (nSPS) is 11.4. The van der Waals surface area contributed by atoms with Gasteiger partial charge in [0.1, 0.15) is 5.75 Å². The summed E-state index contributed by atoms with van der Waals surface area (Å²) >= 11 is 0. The van der Waals surface area contributed by atoms with E-state index in [1.54, 1.807) is 20.1 Å². The summed E-state index contributed by atoms with van der Waals surface area (Å²) in [4.78, 5) is 11.2. The Hall–Kier alpha value is -3.27. The molecular weight excluding hydrogens is 338 g/mol. The van der Waals surface area contributed by atoms with E-state index < -0.39 is 5.97 Å². The van der Waals surface area contributed by atoms with Gasteiger partial charge in [-0.15, -0.1) is 0 Å². The highest BCUT2D eigenvalue weighted by Crippen LogP contribution is 2.29. The Bertz CT molecular complexity index is 1020. The van der Waals surface area contributed by atoms with Gasteiger partial charge in [-0.05, 0) is 48.6 Å². The van der Waals surface area contributed by atoms with Crippen LogP contribution in [-0.2, 0) is 11.3 Å². The van der Waals surface area contributed by atoms with Crippen LogP contribution >= 0.6 is 0 Å². The first-order valence-corrected chi connectivity index (χ1v) is 8.81. The first-order valence-electron chi connectivity index (χ1n) is 8.81. The van der Waals surface area contributed by atoms with E-state index in [4.69, 9.17) is 4.74 Å². The molecule has 0 saturated heterocycles. The Morgan fingerprint density at radius 2 is 1.81 bits per heavy atom. The standard InChI is InChI=1S/C23H23NO3/c1-15-7-6-10-21(20(15)13-16(2)23(25)26)24-14-17-11-12-22(27-3)19-9-5-4-8-18(17)19/h4-13,24H,14H2,1-3H3,(H,25,26)/b16-13+. The number of ether oxygens (including phenoxy) is 1. The third kappa shape index (κ3) is 3.95. The summed E-state index contributed by atoms with van der Waals surface area (Å²) in [6.45, 7) is 4.21. The molecule has 0 aliphatic heterocycles. The molecule has 0 amide bonds. The van der Waals surface area contributed by atoms with Crippen molar-refractivity contribution in [3.63, 3.8) is 0 Å². The van der Waals surface area contributed by atoms with E-state index in [1.165, 1.54) is 0 Å². The van der Waals surface area contributed by atoms with Crippen LogP contribution in [-0.4, -0.2) is 18.2 Å². The molecule has 0 aliphatic carbocycles. The average Bonchev–Trinajstić information content (AvgIpc) is 2.68. The van der Waals surface area contributed by atoms with Gasteiger partial charge >= 0.3 is 5.97 Å². The van der Waals surface area contributed by atoms with Gasteiger partial charge < -0.3 is 15.2 Å². The molecule has 4 nitrogen and oxygen atoms in total. The topological polar surface area (TPSA) is 58.6 Å². The summed E-state index contributed by atoms with van der Waals surface area (Å²) in [5, 5.41) is 14.9. The fraction of sp³-hybridized carbons (Fsp3) is 0.174. The second-order valence-electron chi connectivity index (χ2n) is 6.49. The molecule has 0 atom stereocenters. The van der Waals surface area contributed by atoms with Gasteiger partial charge in [-0.3, -0.25) is 0 Å². The highest BCUT2D eigenvalue weighted by Gasteiger charge is 2.09. The minimum atomic E-state index is -0.912. The second kappa shape index (κ2) is 7.96. The number of nitrogens with one attached hydrogen (secondary N) is 1. The third-order valence-electron chi connectivity index (χ3n) is 4.69. The van der Waals surface area contributed by atoms with Gasteiger partial charge in [0.2, 0.25) is 0 Å². The molecule has 0 aliphatic rings. The van der Waals surface area contributed by atoms with Gasteiger partial charge in [0, 0.05) is 28.8 Å².